The first kappa shape index (κ1) is 83.0. The lowest BCUT2D eigenvalue weighted by atomic mass is 10.1. The molecule has 23 nitrogen and oxygen atoms in total. The summed E-state index contributed by atoms with van der Waals surface area (Å²) in [6, 6.07) is 45.4. The standard InChI is InChI=1S/C24H19F3N6O.2C19H19F3N4O.C16H14F3N3.C7H7N3.ClH/c25-24(26,27)15-3-1-2-14(10-15)18-6-7-21-22(31-18)33(17-8-9-32(21)12-17)23(34)30-16-4-5-19-20(11-16)29-13-28-19;2*1-2-23-18(27)26-14-8-9-25(11-14)16-7-6-15(24-17(16)26)12-4-3-5-13(10-12)19(20,21)22;17-16(18,19)11-3-1-2-10(8-11)13-4-5-14-15(21-13)20-12-6-7-22(14)9-12;8-5-1-2-6-7(3-5)10-4-9-6;/h1-7,10-11,13,17H,8-9,12H2,(H,28,29)(H,30,34);2*3-7,10,14H,2,8-9,11H2,1H3,(H,23,27);1-5,8,12H,6-7,9H2,(H,20,21);1-4H,8H2,(H,9,10);1H/t17-;2*14-;12-;;/m0000../s1. The second kappa shape index (κ2) is 33.6. The molecule has 12 aromatic rings. The third kappa shape index (κ3) is 17.6. The molecule has 4 atom stereocenters. The van der Waals surface area contributed by atoms with Gasteiger partial charge in [-0.3, -0.25) is 14.7 Å². The zero-order valence-corrected chi connectivity index (χ0v) is 65.6. The predicted molar refractivity (Wildman–Crippen MR) is 443 cm³/mol. The van der Waals surface area contributed by atoms with Crippen molar-refractivity contribution in [1.29, 1.82) is 0 Å². The predicted octanol–water partition coefficient (Wildman–Crippen LogP) is 18.4. The van der Waals surface area contributed by atoms with Gasteiger partial charge in [0.05, 0.1) is 121 Å². The van der Waals surface area contributed by atoms with Gasteiger partial charge in [-0.15, -0.1) is 12.4 Å². The van der Waals surface area contributed by atoms with E-state index in [0.29, 0.717) is 93.8 Å². The fraction of sp³-hybridized carbons (Fsp3) is 0.282. The van der Waals surface area contributed by atoms with E-state index in [1.165, 1.54) is 24.3 Å². The van der Waals surface area contributed by atoms with E-state index in [2.05, 4.69) is 80.7 Å². The molecule has 628 valence electrons. The Kier molecular flexibility index (Phi) is 23.1. The molecule has 20 rings (SSSR count). The third-order valence-corrected chi connectivity index (χ3v) is 22.0. The van der Waals surface area contributed by atoms with Crippen LogP contribution in [0.2, 0.25) is 0 Å². The van der Waals surface area contributed by atoms with Crippen LogP contribution in [0.1, 0.15) is 61.8 Å². The lowest BCUT2D eigenvalue weighted by molar-refractivity contribution is -0.138. The van der Waals surface area contributed by atoms with Gasteiger partial charge in [0, 0.05) is 105 Å². The number of halogens is 13. The lowest BCUT2D eigenvalue weighted by Crippen LogP contribution is -2.50. The van der Waals surface area contributed by atoms with E-state index >= 15 is 0 Å². The third-order valence-electron chi connectivity index (χ3n) is 22.0. The monoisotopic (exact) mass is 1690 g/mol. The summed E-state index contributed by atoms with van der Waals surface area (Å²) < 4.78 is 156. The largest absolute Gasteiger partial charge is 0.416 e. The molecule has 8 bridgehead atoms. The highest BCUT2D eigenvalue weighted by atomic mass is 35.5. The number of hydrogen-bond acceptors (Lipinski definition) is 15. The number of carbonyl (C=O) groups excluding carboxylic acids is 3. The number of fused-ring (bicyclic) bond motifs is 18. The normalized spacial score (nSPS) is 17.5. The Morgan fingerprint density at radius 2 is 0.769 bits per heavy atom. The number of amides is 6. The number of alkyl halides is 12. The van der Waals surface area contributed by atoms with Crippen LogP contribution in [0.3, 0.4) is 0 Å². The zero-order chi connectivity index (χ0) is 84.1. The van der Waals surface area contributed by atoms with E-state index in [4.69, 9.17) is 5.73 Å². The number of carbonyl (C=O) groups is 3. The molecule has 4 fully saturated rings. The smallest absolute Gasteiger partial charge is 0.399 e. The van der Waals surface area contributed by atoms with Crippen molar-refractivity contribution in [1.82, 2.24) is 50.5 Å². The van der Waals surface area contributed by atoms with Gasteiger partial charge in [0.2, 0.25) is 0 Å². The molecule has 6 aromatic heterocycles. The number of benzene rings is 6. The van der Waals surface area contributed by atoms with E-state index in [0.717, 1.165) is 176 Å². The van der Waals surface area contributed by atoms with Gasteiger partial charge in [0.15, 0.2) is 23.3 Å². The van der Waals surface area contributed by atoms with E-state index in [9.17, 15) is 67.1 Å². The molecule has 36 heteroatoms. The number of aromatic nitrogens is 8. The molecule has 8 aliphatic rings. The van der Waals surface area contributed by atoms with Gasteiger partial charge >= 0.3 is 42.8 Å². The maximum absolute atomic E-state index is 13.4. The number of rotatable bonds is 7. The Morgan fingerprint density at radius 1 is 0.413 bits per heavy atom. The molecule has 0 aliphatic carbocycles. The first-order valence-corrected chi connectivity index (χ1v) is 38.9. The van der Waals surface area contributed by atoms with Gasteiger partial charge < -0.3 is 56.6 Å². The highest BCUT2D eigenvalue weighted by molar-refractivity contribution is 6.06. The van der Waals surface area contributed by atoms with Crippen LogP contribution in [0.4, 0.5) is 124 Å². The molecular weight excluding hydrogens is 1610 g/mol. The summed E-state index contributed by atoms with van der Waals surface area (Å²) in [4.78, 5) is 84.9. The molecule has 0 unspecified atom stereocenters. The fourth-order valence-corrected chi connectivity index (χ4v) is 16.2. The minimum atomic E-state index is -4.45. The molecule has 0 saturated carbocycles. The minimum absolute atomic E-state index is 0. The van der Waals surface area contributed by atoms with Crippen molar-refractivity contribution in [2.75, 3.05) is 116 Å². The van der Waals surface area contributed by atoms with Crippen LogP contribution in [0.5, 0.6) is 0 Å². The molecule has 6 amide bonds. The van der Waals surface area contributed by atoms with Crippen LogP contribution in [-0.2, 0) is 24.7 Å². The quantitative estimate of drug-likeness (QED) is 0.0578. The summed E-state index contributed by atoms with van der Waals surface area (Å²) in [7, 11) is 0. The second-order valence-electron chi connectivity index (χ2n) is 29.8. The summed E-state index contributed by atoms with van der Waals surface area (Å²) in [5.74, 6) is 2.22. The number of H-pyrrole nitrogens is 2. The highest BCUT2D eigenvalue weighted by Gasteiger charge is 2.45. The van der Waals surface area contributed by atoms with Gasteiger partial charge in [0.25, 0.3) is 0 Å². The maximum Gasteiger partial charge on any atom is 0.416 e. The number of anilines is 10. The zero-order valence-electron chi connectivity index (χ0n) is 64.7. The molecule has 121 heavy (non-hydrogen) atoms. The highest BCUT2D eigenvalue weighted by Crippen LogP contribution is 2.46. The Morgan fingerprint density at radius 3 is 1.17 bits per heavy atom. The van der Waals surface area contributed by atoms with Crippen LogP contribution >= 0.6 is 12.4 Å². The van der Waals surface area contributed by atoms with Gasteiger partial charge in [-0.05, 0) is 173 Å². The molecular formula is C85H79ClF12N20O3. The Labute approximate surface area is 690 Å². The van der Waals surface area contributed by atoms with Crippen molar-refractivity contribution in [3.8, 4) is 45.0 Å². The van der Waals surface area contributed by atoms with Crippen molar-refractivity contribution in [3.63, 3.8) is 0 Å². The number of nitrogens with one attached hydrogen (secondary N) is 6. The Balaban J connectivity index is 0.000000121. The van der Waals surface area contributed by atoms with Crippen molar-refractivity contribution < 1.29 is 67.1 Å². The summed E-state index contributed by atoms with van der Waals surface area (Å²) >= 11 is 0. The SMILES string of the molecule is CCNC(=O)N1c2nc(-c3cccc(C(F)(F)F)c3)ccc2N2CC[C@H]1C2.CCNC(=O)N1c2nc(-c3cccc(C(F)(F)F)c3)ccc2N2CC[C@H]1C2.Cl.FC(F)(F)c1cccc(-c2ccc3c(n2)N[C@H]2CCN3C2)c1.Nc1ccc2nc[nH]c2c1.O=C(Nc1ccc2nc[nH]c2c1)N1c2nc(-c3cccc(C(F)(F)F)c3)ccc2N2CC[C@H]1C2. The minimum Gasteiger partial charge on any atom is -0.399 e. The summed E-state index contributed by atoms with van der Waals surface area (Å²) in [6.07, 6.45) is -10.8. The van der Waals surface area contributed by atoms with Crippen LogP contribution in [0, 0.1) is 0 Å². The molecule has 14 heterocycles. The van der Waals surface area contributed by atoms with Crippen molar-refractivity contribution in [2.24, 2.45) is 0 Å². The lowest BCUT2D eigenvalue weighted by Gasteiger charge is -2.36. The number of hydrogen-bond donors (Lipinski definition) is 7. The number of nitrogens with two attached hydrogens (primary N) is 1. The van der Waals surface area contributed by atoms with Crippen LogP contribution in [-0.4, -0.2) is 148 Å². The average Bonchev–Trinajstić information content (AvgIpc) is 1.62. The number of nitrogen functional groups attached to an aromatic ring is 1. The van der Waals surface area contributed by atoms with Crippen molar-refractivity contribution in [3.05, 3.63) is 217 Å². The van der Waals surface area contributed by atoms with Crippen LogP contribution in [0.25, 0.3) is 67.1 Å². The average molecular weight is 1690 g/mol. The molecule has 0 radical (unpaired) electrons. The van der Waals surface area contributed by atoms with Crippen molar-refractivity contribution >= 4 is 110 Å². The Hall–Kier alpha value is -13.1. The maximum atomic E-state index is 13.4. The van der Waals surface area contributed by atoms with E-state index in [1.54, 1.807) is 88.0 Å². The number of nitrogens with zero attached hydrogens (tertiary/aromatic N) is 13. The molecule has 8 N–H and O–H groups in total. The number of pyridine rings is 4. The van der Waals surface area contributed by atoms with Crippen LogP contribution < -0.4 is 61.3 Å². The molecule has 4 saturated heterocycles. The van der Waals surface area contributed by atoms with E-state index in [1.807, 2.05) is 62.4 Å². The number of imidazole rings is 2. The number of aromatic amines is 2. The fourth-order valence-electron chi connectivity index (χ4n) is 16.2. The first-order valence-electron chi connectivity index (χ1n) is 38.9. The Bertz CT molecular complexity index is 5700. The van der Waals surface area contributed by atoms with E-state index in [-0.39, 0.29) is 48.6 Å². The number of urea groups is 3. The molecule has 0 spiro atoms. The van der Waals surface area contributed by atoms with Crippen molar-refractivity contribution in [2.45, 2.75) is 88.4 Å². The summed E-state index contributed by atoms with van der Waals surface area (Å²) in [6.45, 7) is 11.3. The summed E-state index contributed by atoms with van der Waals surface area (Å²) in [5, 5.41) is 11.9. The topological polar surface area (TPSA) is 257 Å². The van der Waals surface area contributed by atoms with Gasteiger partial charge in [-0.1, -0.05) is 48.5 Å². The van der Waals surface area contributed by atoms with E-state index < -0.39 is 47.0 Å². The van der Waals surface area contributed by atoms with Gasteiger partial charge in [0.1, 0.15) is 0 Å². The second-order valence-corrected chi connectivity index (χ2v) is 29.8. The van der Waals surface area contributed by atoms with Gasteiger partial charge in [-0.25, -0.2) is 44.3 Å². The molecule has 6 aromatic carbocycles. The first-order chi connectivity index (χ1) is 57.5. The summed E-state index contributed by atoms with van der Waals surface area (Å²) in [5.41, 5.74) is 14.4. The van der Waals surface area contributed by atoms with Crippen LogP contribution in [0.15, 0.2) is 195 Å². The van der Waals surface area contributed by atoms with Gasteiger partial charge in [-0.2, -0.15) is 52.7 Å². The molecule has 8 aliphatic heterocycles.